The Hall–Kier alpha value is -1.84. The molecule has 0 amide bonds. The second kappa shape index (κ2) is 4.92. The Balaban J connectivity index is 2.98. The molecule has 1 rings (SSSR count). The fourth-order valence-electron chi connectivity index (χ4n) is 0.753. The molecule has 0 saturated carbocycles. The van der Waals surface area contributed by atoms with Gasteiger partial charge in [-0.15, -0.1) is 20.4 Å². The normalized spacial score (nSPS) is 11.9. The molecule has 4 nitrogen and oxygen atoms in total. The summed E-state index contributed by atoms with van der Waals surface area (Å²) in [6, 6.07) is 0. The van der Waals surface area contributed by atoms with Crippen molar-refractivity contribution in [3.63, 3.8) is 0 Å². The molecule has 1 aromatic heterocycles. The first-order valence-electron chi connectivity index (χ1n) is 3.84. The molecule has 0 radical (unpaired) electrons. The van der Waals surface area contributed by atoms with Crippen molar-refractivity contribution in [3.05, 3.63) is 43.0 Å². The van der Waals surface area contributed by atoms with Crippen LogP contribution in [0.1, 0.15) is 12.7 Å². The van der Waals surface area contributed by atoms with Crippen LogP contribution >= 0.6 is 0 Å². The summed E-state index contributed by atoms with van der Waals surface area (Å²) in [5.41, 5.74) is 0.804. The summed E-state index contributed by atoms with van der Waals surface area (Å²) in [6.45, 7) is 5.58. The zero-order chi connectivity index (χ0) is 9.52. The van der Waals surface area contributed by atoms with Gasteiger partial charge in [-0.3, -0.25) is 0 Å². The molecular formula is C9H10N4. The van der Waals surface area contributed by atoms with Gasteiger partial charge >= 0.3 is 0 Å². The highest BCUT2D eigenvalue weighted by molar-refractivity contribution is 5.69. The Kier molecular flexibility index (Phi) is 3.50. The number of nitrogens with zero attached hydrogens (tertiary/aromatic N) is 4. The van der Waals surface area contributed by atoms with Gasteiger partial charge < -0.3 is 0 Å². The van der Waals surface area contributed by atoms with Gasteiger partial charge in [0.15, 0.2) is 6.33 Å². The average molecular weight is 174 g/mol. The minimum atomic E-state index is 0.482. The van der Waals surface area contributed by atoms with Crippen LogP contribution < -0.4 is 0 Å². The molecule has 0 aliphatic rings. The Morgan fingerprint density at radius 1 is 1.38 bits per heavy atom. The lowest BCUT2D eigenvalue weighted by molar-refractivity contribution is 0.834. The van der Waals surface area contributed by atoms with Crippen LogP contribution in [0.3, 0.4) is 0 Å². The van der Waals surface area contributed by atoms with Crippen molar-refractivity contribution >= 4 is 5.57 Å². The van der Waals surface area contributed by atoms with Gasteiger partial charge in [-0.1, -0.05) is 30.9 Å². The van der Waals surface area contributed by atoms with Crippen molar-refractivity contribution in [1.82, 2.24) is 20.4 Å². The summed E-state index contributed by atoms with van der Waals surface area (Å²) in [5.74, 6) is 0.482. The Morgan fingerprint density at radius 2 is 2.08 bits per heavy atom. The molecule has 1 aromatic rings. The summed E-state index contributed by atoms with van der Waals surface area (Å²) < 4.78 is 0. The smallest absolute Gasteiger partial charge is 0.135 e. The first-order valence-corrected chi connectivity index (χ1v) is 3.84. The van der Waals surface area contributed by atoms with Crippen LogP contribution in [0.2, 0.25) is 0 Å². The lowest BCUT2D eigenvalue weighted by Gasteiger charge is -1.94. The van der Waals surface area contributed by atoms with E-state index >= 15 is 0 Å². The third-order valence-electron chi connectivity index (χ3n) is 1.35. The fourth-order valence-corrected chi connectivity index (χ4v) is 0.753. The van der Waals surface area contributed by atoms with Crippen molar-refractivity contribution in [1.29, 1.82) is 0 Å². The average Bonchev–Trinajstić information content (AvgIpc) is 2.21. The molecule has 0 saturated heterocycles. The summed E-state index contributed by atoms with van der Waals surface area (Å²) in [5, 5.41) is 14.9. The van der Waals surface area contributed by atoms with Gasteiger partial charge in [-0.05, 0) is 6.92 Å². The molecule has 13 heavy (non-hydrogen) atoms. The third-order valence-corrected chi connectivity index (χ3v) is 1.35. The summed E-state index contributed by atoms with van der Waals surface area (Å²) >= 11 is 0. The van der Waals surface area contributed by atoms with E-state index in [0.717, 1.165) is 5.57 Å². The van der Waals surface area contributed by atoms with E-state index in [4.69, 9.17) is 0 Å². The van der Waals surface area contributed by atoms with Gasteiger partial charge in [-0.2, -0.15) is 0 Å². The first kappa shape index (κ1) is 9.25. The van der Waals surface area contributed by atoms with Gasteiger partial charge in [0.2, 0.25) is 5.82 Å². The topological polar surface area (TPSA) is 51.6 Å². The molecule has 0 unspecified atom stereocenters. The van der Waals surface area contributed by atoms with Gasteiger partial charge in [0.05, 0.1) is 0 Å². The monoisotopic (exact) mass is 174 g/mol. The molecule has 0 atom stereocenters. The molecule has 0 bridgehead atoms. The Morgan fingerprint density at radius 3 is 2.62 bits per heavy atom. The van der Waals surface area contributed by atoms with Crippen LogP contribution in [0.5, 0.6) is 0 Å². The van der Waals surface area contributed by atoms with E-state index in [-0.39, 0.29) is 0 Å². The van der Waals surface area contributed by atoms with E-state index < -0.39 is 0 Å². The van der Waals surface area contributed by atoms with Crippen molar-refractivity contribution < 1.29 is 0 Å². The summed E-state index contributed by atoms with van der Waals surface area (Å²) in [4.78, 5) is 0. The van der Waals surface area contributed by atoms with Crippen LogP contribution in [0.4, 0.5) is 0 Å². The number of allylic oxidation sites excluding steroid dienone is 5. The molecule has 66 valence electrons. The number of aromatic nitrogens is 4. The first-order chi connectivity index (χ1) is 6.38. The molecule has 0 aromatic carbocycles. The fraction of sp³-hybridized carbons (Fsp3) is 0.111. The van der Waals surface area contributed by atoms with Crippen LogP contribution in [0, 0.1) is 0 Å². The van der Waals surface area contributed by atoms with E-state index in [9.17, 15) is 0 Å². The predicted octanol–water partition coefficient (Wildman–Crippen LogP) is 1.41. The molecule has 1 heterocycles. The van der Waals surface area contributed by atoms with Crippen molar-refractivity contribution in [2.24, 2.45) is 0 Å². The number of hydrogen-bond acceptors (Lipinski definition) is 4. The highest BCUT2D eigenvalue weighted by Gasteiger charge is 1.98. The van der Waals surface area contributed by atoms with Crippen molar-refractivity contribution in [2.45, 2.75) is 6.92 Å². The van der Waals surface area contributed by atoms with E-state index in [1.54, 1.807) is 6.08 Å². The number of rotatable bonds is 3. The SMILES string of the molecule is C=C/C(=C\C=C/C)c1nncnn1. The van der Waals surface area contributed by atoms with Crippen molar-refractivity contribution in [3.8, 4) is 0 Å². The van der Waals surface area contributed by atoms with Gasteiger partial charge in [0.25, 0.3) is 0 Å². The standard InChI is InChI=1S/C9H10N4/c1-3-5-6-8(4-2)9-12-10-7-11-13-9/h3-7H,2H2,1H3/b5-3-,8-6+. The lowest BCUT2D eigenvalue weighted by Crippen LogP contribution is -1.96. The van der Waals surface area contributed by atoms with Gasteiger partial charge in [0, 0.05) is 5.57 Å². The van der Waals surface area contributed by atoms with Gasteiger partial charge in [0.1, 0.15) is 0 Å². The Bertz CT molecular complexity index is 327. The minimum absolute atomic E-state index is 0.482. The molecule has 0 aliphatic heterocycles. The van der Waals surface area contributed by atoms with Gasteiger partial charge in [-0.25, -0.2) is 0 Å². The zero-order valence-electron chi connectivity index (χ0n) is 7.38. The quantitative estimate of drug-likeness (QED) is 0.650. The summed E-state index contributed by atoms with van der Waals surface area (Å²) in [7, 11) is 0. The molecule has 0 aliphatic carbocycles. The zero-order valence-corrected chi connectivity index (χ0v) is 7.38. The lowest BCUT2D eigenvalue weighted by atomic mass is 10.2. The molecule has 4 heteroatoms. The summed E-state index contributed by atoms with van der Waals surface area (Å²) in [6.07, 6.45) is 8.60. The van der Waals surface area contributed by atoms with E-state index in [0.29, 0.717) is 5.82 Å². The maximum Gasteiger partial charge on any atom is 0.203 e. The van der Waals surface area contributed by atoms with E-state index in [2.05, 4.69) is 27.0 Å². The highest BCUT2D eigenvalue weighted by Crippen LogP contribution is 2.07. The third kappa shape index (κ3) is 2.59. The maximum absolute atomic E-state index is 3.81. The van der Waals surface area contributed by atoms with E-state index in [1.807, 2.05) is 25.2 Å². The Labute approximate surface area is 76.7 Å². The van der Waals surface area contributed by atoms with Crippen molar-refractivity contribution in [2.75, 3.05) is 0 Å². The minimum Gasteiger partial charge on any atom is -0.135 e. The molecule has 0 spiro atoms. The second-order valence-corrected chi connectivity index (χ2v) is 2.22. The largest absolute Gasteiger partial charge is 0.203 e. The molecule has 0 fully saturated rings. The van der Waals surface area contributed by atoms with Crippen LogP contribution in [0.15, 0.2) is 37.2 Å². The van der Waals surface area contributed by atoms with Crippen LogP contribution in [0.25, 0.3) is 5.57 Å². The predicted molar refractivity (Wildman–Crippen MR) is 50.6 cm³/mol. The molecular weight excluding hydrogens is 164 g/mol. The molecule has 0 N–H and O–H groups in total. The van der Waals surface area contributed by atoms with Crippen LogP contribution in [-0.2, 0) is 0 Å². The maximum atomic E-state index is 3.81. The highest BCUT2D eigenvalue weighted by atomic mass is 15.3. The number of hydrogen-bond donors (Lipinski definition) is 0. The van der Waals surface area contributed by atoms with E-state index in [1.165, 1.54) is 6.33 Å². The van der Waals surface area contributed by atoms with Crippen LogP contribution in [-0.4, -0.2) is 20.4 Å². The second-order valence-electron chi connectivity index (χ2n) is 2.22.